The maximum Gasteiger partial charge on any atom is 0.105 e. The van der Waals surface area contributed by atoms with Gasteiger partial charge in [-0.2, -0.15) is 0 Å². The first-order valence-corrected chi connectivity index (χ1v) is 6.04. The van der Waals surface area contributed by atoms with Crippen LogP contribution in [0, 0.1) is 0 Å². The quantitative estimate of drug-likeness (QED) is 0.828. The number of rotatable bonds is 6. The van der Waals surface area contributed by atoms with Crippen molar-refractivity contribution in [1.82, 2.24) is 10.3 Å². The van der Waals surface area contributed by atoms with E-state index in [0.29, 0.717) is 6.04 Å². The number of aromatic nitrogens is 1. The molecule has 2 aromatic rings. The molecule has 0 fully saturated rings. The zero-order valence-corrected chi connectivity index (χ0v) is 10.1. The Bertz CT molecular complexity index is 411. The molecule has 3 heteroatoms. The number of likely N-dealkylation sites (N-methyl/N-ethyl adjacent to an activating group) is 1. The first kappa shape index (κ1) is 11.9. The van der Waals surface area contributed by atoms with Crippen LogP contribution in [0.25, 0.3) is 0 Å². The molecule has 0 amide bonds. The van der Waals surface area contributed by atoms with Gasteiger partial charge in [0.05, 0.1) is 6.26 Å². The van der Waals surface area contributed by atoms with E-state index in [2.05, 4.69) is 23.3 Å². The minimum absolute atomic E-state index is 0.376. The molecule has 1 unspecified atom stereocenters. The number of nitrogens with one attached hydrogen (secondary N) is 1. The molecule has 0 aromatic carbocycles. The summed E-state index contributed by atoms with van der Waals surface area (Å²) in [5.74, 6) is 1.02. The van der Waals surface area contributed by atoms with Crippen LogP contribution in [0.2, 0.25) is 0 Å². The van der Waals surface area contributed by atoms with E-state index in [-0.39, 0.29) is 0 Å². The van der Waals surface area contributed by atoms with Crippen LogP contribution in [0.1, 0.15) is 18.4 Å². The normalized spacial score (nSPS) is 12.5. The van der Waals surface area contributed by atoms with Crippen LogP contribution >= 0.6 is 0 Å². The van der Waals surface area contributed by atoms with Crippen molar-refractivity contribution >= 4 is 0 Å². The lowest BCUT2D eigenvalue weighted by Gasteiger charge is -2.16. The number of furan rings is 1. The lowest BCUT2D eigenvalue weighted by Crippen LogP contribution is -2.33. The highest BCUT2D eigenvalue weighted by molar-refractivity contribution is 5.07. The first-order chi connectivity index (χ1) is 8.38. The molecule has 0 saturated heterocycles. The van der Waals surface area contributed by atoms with E-state index in [4.69, 9.17) is 4.42 Å². The largest absolute Gasteiger partial charge is 0.469 e. The SMILES string of the molecule is CCNC(Cc1ccccn1)Cc1ccco1. The van der Waals surface area contributed by atoms with Crippen LogP contribution in [-0.4, -0.2) is 17.6 Å². The summed E-state index contributed by atoms with van der Waals surface area (Å²) in [5.41, 5.74) is 1.12. The monoisotopic (exact) mass is 230 g/mol. The van der Waals surface area contributed by atoms with E-state index in [1.165, 1.54) is 0 Å². The predicted octanol–water partition coefficient (Wildman–Crippen LogP) is 2.44. The fourth-order valence-electron chi connectivity index (χ4n) is 1.95. The Labute approximate surface area is 102 Å². The van der Waals surface area contributed by atoms with Gasteiger partial charge in [-0.25, -0.2) is 0 Å². The first-order valence-electron chi connectivity index (χ1n) is 6.04. The summed E-state index contributed by atoms with van der Waals surface area (Å²) in [5, 5.41) is 3.47. The third-order valence-corrected chi connectivity index (χ3v) is 2.70. The molecule has 0 saturated carbocycles. The van der Waals surface area contributed by atoms with E-state index in [1.54, 1.807) is 6.26 Å². The molecule has 3 nitrogen and oxygen atoms in total. The number of pyridine rings is 1. The van der Waals surface area contributed by atoms with Crippen LogP contribution < -0.4 is 5.32 Å². The maximum atomic E-state index is 5.39. The fourth-order valence-corrected chi connectivity index (χ4v) is 1.95. The summed E-state index contributed by atoms with van der Waals surface area (Å²) in [4.78, 5) is 4.36. The number of hydrogen-bond acceptors (Lipinski definition) is 3. The highest BCUT2D eigenvalue weighted by Crippen LogP contribution is 2.08. The molecule has 0 spiro atoms. The molecule has 0 aliphatic rings. The van der Waals surface area contributed by atoms with Gasteiger partial charge >= 0.3 is 0 Å². The highest BCUT2D eigenvalue weighted by Gasteiger charge is 2.11. The molecule has 1 atom stereocenters. The van der Waals surface area contributed by atoms with Crippen molar-refractivity contribution < 1.29 is 4.42 Å². The van der Waals surface area contributed by atoms with Crippen LogP contribution in [-0.2, 0) is 12.8 Å². The minimum atomic E-state index is 0.376. The summed E-state index contributed by atoms with van der Waals surface area (Å²) in [6.45, 7) is 3.08. The average Bonchev–Trinajstić information content (AvgIpc) is 2.83. The Morgan fingerprint density at radius 3 is 2.82 bits per heavy atom. The van der Waals surface area contributed by atoms with Crippen LogP contribution in [0.4, 0.5) is 0 Å². The molecule has 2 heterocycles. The standard InChI is InChI=1S/C14H18N2O/c1-2-15-13(11-14-7-5-9-17-14)10-12-6-3-4-8-16-12/h3-9,13,15H,2,10-11H2,1H3. The Hall–Kier alpha value is -1.61. The Morgan fingerprint density at radius 1 is 1.24 bits per heavy atom. The van der Waals surface area contributed by atoms with Crippen LogP contribution in [0.15, 0.2) is 47.2 Å². The van der Waals surface area contributed by atoms with Gasteiger partial charge in [0.15, 0.2) is 0 Å². The van der Waals surface area contributed by atoms with Gasteiger partial charge in [0.2, 0.25) is 0 Å². The second kappa shape index (κ2) is 6.21. The summed E-state index contributed by atoms with van der Waals surface area (Å²) in [6, 6.07) is 10.4. The number of nitrogens with zero attached hydrogens (tertiary/aromatic N) is 1. The second-order valence-electron chi connectivity index (χ2n) is 4.06. The van der Waals surface area contributed by atoms with E-state index < -0.39 is 0 Å². The van der Waals surface area contributed by atoms with Gasteiger partial charge < -0.3 is 9.73 Å². The molecule has 1 N–H and O–H groups in total. The molecular formula is C14H18N2O. The van der Waals surface area contributed by atoms with Crippen molar-refractivity contribution in [2.24, 2.45) is 0 Å². The average molecular weight is 230 g/mol. The smallest absolute Gasteiger partial charge is 0.105 e. The summed E-state index contributed by atoms with van der Waals surface area (Å²) in [6.07, 6.45) is 5.39. The molecule has 0 radical (unpaired) electrons. The molecule has 17 heavy (non-hydrogen) atoms. The predicted molar refractivity (Wildman–Crippen MR) is 67.8 cm³/mol. The van der Waals surface area contributed by atoms with Gasteiger partial charge in [0.1, 0.15) is 5.76 Å². The highest BCUT2D eigenvalue weighted by atomic mass is 16.3. The van der Waals surface area contributed by atoms with Crippen molar-refractivity contribution in [2.75, 3.05) is 6.54 Å². The van der Waals surface area contributed by atoms with Crippen molar-refractivity contribution in [3.8, 4) is 0 Å². The Kier molecular flexibility index (Phi) is 4.33. The van der Waals surface area contributed by atoms with Crippen molar-refractivity contribution in [3.63, 3.8) is 0 Å². The molecule has 0 aliphatic heterocycles. The van der Waals surface area contributed by atoms with Crippen LogP contribution in [0.3, 0.4) is 0 Å². The lowest BCUT2D eigenvalue weighted by molar-refractivity contribution is 0.442. The third-order valence-electron chi connectivity index (χ3n) is 2.70. The van der Waals surface area contributed by atoms with Crippen molar-refractivity contribution in [2.45, 2.75) is 25.8 Å². The Balaban J connectivity index is 1.97. The minimum Gasteiger partial charge on any atom is -0.469 e. The zero-order valence-electron chi connectivity index (χ0n) is 10.1. The topological polar surface area (TPSA) is 38.1 Å². The van der Waals surface area contributed by atoms with Gasteiger partial charge in [-0.05, 0) is 30.8 Å². The van der Waals surface area contributed by atoms with Crippen molar-refractivity contribution in [1.29, 1.82) is 0 Å². The molecule has 2 rings (SSSR count). The lowest BCUT2D eigenvalue weighted by atomic mass is 10.1. The second-order valence-corrected chi connectivity index (χ2v) is 4.06. The molecule has 2 aromatic heterocycles. The molecule has 90 valence electrons. The molecule has 0 aliphatic carbocycles. The van der Waals surface area contributed by atoms with Crippen LogP contribution in [0.5, 0.6) is 0 Å². The molecule has 0 bridgehead atoms. The number of hydrogen-bond donors (Lipinski definition) is 1. The van der Waals surface area contributed by atoms with Gasteiger partial charge in [-0.3, -0.25) is 4.98 Å². The van der Waals surface area contributed by atoms with E-state index in [0.717, 1.165) is 30.8 Å². The van der Waals surface area contributed by atoms with E-state index in [1.807, 2.05) is 30.5 Å². The van der Waals surface area contributed by atoms with Crippen molar-refractivity contribution in [3.05, 3.63) is 54.2 Å². The van der Waals surface area contributed by atoms with Gasteiger partial charge in [-0.1, -0.05) is 13.0 Å². The van der Waals surface area contributed by atoms with Gasteiger partial charge in [0.25, 0.3) is 0 Å². The third kappa shape index (κ3) is 3.71. The summed E-state index contributed by atoms with van der Waals surface area (Å²) < 4.78 is 5.39. The van der Waals surface area contributed by atoms with Gasteiger partial charge in [0, 0.05) is 30.8 Å². The van der Waals surface area contributed by atoms with E-state index in [9.17, 15) is 0 Å². The Morgan fingerprint density at radius 2 is 2.18 bits per heavy atom. The van der Waals surface area contributed by atoms with Gasteiger partial charge in [-0.15, -0.1) is 0 Å². The zero-order chi connectivity index (χ0) is 11.9. The maximum absolute atomic E-state index is 5.39. The summed E-state index contributed by atoms with van der Waals surface area (Å²) >= 11 is 0. The van der Waals surface area contributed by atoms with E-state index >= 15 is 0 Å². The molecular weight excluding hydrogens is 212 g/mol. The fraction of sp³-hybridized carbons (Fsp3) is 0.357. The summed E-state index contributed by atoms with van der Waals surface area (Å²) in [7, 11) is 0.